The molecule has 0 amide bonds. The van der Waals surface area contributed by atoms with E-state index in [2.05, 4.69) is 20.7 Å². The summed E-state index contributed by atoms with van der Waals surface area (Å²) >= 11 is 1.57. The molecule has 1 aliphatic rings. The molecule has 27 heavy (non-hydrogen) atoms. The fourth-order valence-electron chi connectivity index (χ4n) is 3.17. The van der Waals surface area contributed by atoms with Crippen molar-refractivity contribution in [1.82, 2.24) is 9.97 Å². The monoisotopic (exact) mass is 400 g/mol. The molecule has 2 aromatic heterocycles. The molecule has 0 saturated carbocycles. The van der Waals surface area contributed by atoms with Crippen molar-refractivity contribution in [2.75, 3.05) is 29.0 Å². The first-order valence-electron chi connectivity index (χ1n) is 8.73. The zero-order chi connectivity index (χ0) is 18.9. The first-order chi connectivity index (χ1) is 13.0. The number of hydrogen-bond donors (Lipinski definition) is 1. The highest BCUT2D eigenvalue weighted by molar-refractivity contribution is 7.92. The van der Waals surface area contributed by atoms with Gasteiger partial charge in [0.05, 0.1) is 11.9 Å². The predicted octanol–water partition coefficient (Wildman–Crippen LogP) is 3.84. The fourth-order valence-corrected chi connectivity index (χ4v) is 4.55. The standard InChI is InChI=1S/C19H20N4O2S2/c1-27(24,25)22-16-6-4-5-14(11-16)17-13-26-19(21-17)15-7-8-20-18(12-15)23-9-2-3-10-23/h4-8,11-13,22H,2-3,9-10H2,1H3. The van der Waals surface area contributed by atoms with Crippen LogP contribution in [-0.4, -0.2) is 37.7 Å². The Morgan fingerprint density at radius 3 is 2.70 bits per heavy atom. The van der Waals surface area contributed by atoms with Crippen LogP contribution in [0.4, 0.5) is 11.5 Å². The summed E-state index contributed by atoms with van der Waals surface area (Å²) in [6.45, 7) is 2.11. The quantitative estimate of drug-likeness (QED) is 0.704. The Bertz CT molecular complexity index is 1060. The second kappa shape index (κ2) is 7.28. The van der Waals surface area contributed by atoms with Gasteiger partial charge in [-0.3, -0.25) is 4.72 Å². The average molecular weight is 401 g/mol. The van der Waals surface area contributed by atoms with Crippen LogP contribution in [0.15, 0.2) is 48.0 Å². The first-order valence-corrected chi connectivity index (χ1v) is 11.5. The molecular weight excluding hydrogens is 380 g/mol. The summed E-state index contributed by atoms with van der Waals surface area (Å²) in [6, 6.07) is 11.3. The highest BCUT2D eigenvalue weighted by atomic mass is 32.2. The van der Waals surface area contributed by atoms with E-state index in [1.807, 2.05) is 29.8 Å². The van der Waals surface area contributed by atoms with Gasteiger partial charge in [0.15, 0.2) is 0 Å². The third kappa shape index (κ3) is 4.28. The molecule has 4 rings (SSSR count). The SMILES string of the molecule is CS(=O)(=O)Nc1cccc(-c2csc(-c3ccnc(N4CCCC4)c3)n2)c1. The second-order valence-corrected chi connectivity index (χ2v) is 9.20. The minimum atomic E-state index is -3.31. The van der Waals surface area contributed by atoms with Crippen LogP contribution in [-0.2, 0) is 10.0 Å². The highest BCUT2D eigenvalue weighted by Crippen LogP contribution is 2.31. The molecule has 0 radical (unpaired) electrons. The Labute approximate surface area is 163 Å². The summed E-state index contributed by atoms with van der Waals surface area (Å²) in [7, 11) is -3.31. The van der Waals surface area contributed by atoms with Crippen molar-refractivity contribution in [1.29, 1.82) is 0 Å². The van der Waals surface area contributed by atoms with Gasteiger partial charge < -0.3 is 4.90 Å². The van der Waals surface area contributed by atoms with Crippen LogP contribution in [0.5, 0.6) is 0 Å². The van der Waals surface area contributed by atoms with Gasteiger partial charge in [-0.1, -0.05) is 12.1 Å². The van der Waals surface area contributed by atoms with Gasteiger partial charge in [0, 0.05) is 41.5 Å². The summed E-state index contributed by atoms with van der Waals surface area (Å²) in [6.07, 6.45) is 5.40. The van der Waals surface area contributed by atoms with E-state index in [0.717, 1.165) is 47.0 Å². The molecule has 3 aromatic rings. The largest absolute Gasteiger partial charge is 0.357 e. The van der Waals surface area contributed by atoms with Crippen molar-refractivity contribution in [2.45, 2.75) is 12.8 Å². The van der Waals surface area contributed by atoms with Crippen molar-refractivity contribution < 1.29 is 8.42 Å². The van der Waals surface area contributed by atoms with Crippen molar-refractivity contribution in [3.63, 3.8) is 0 Å². The van der Waals surface area contributed by atoms with Crippen LogP contribution in [0.1, 0.15) is 12.8 Å². The number of benzene rings is 1. The fraction of sp³-hybridized carbons (Fsp3) is 0.263. The lowest BCUT2D eigenvalue weighted by Crippen LogP contribution is -2.18. The van der Waals surface area contributed by atoms with E-state index in [1.165, 1.54) is 12.8 Å². The number of nitrogens with zero attached hydrogens (tertiary/aromatic N) is 3. The van der Waals surface area contributed by atoms with E-state index in [-0.39, 0.29) is 0 Å². The van der Waals surface area contributed by atoms with Crippen molar-refractivity contribution in [3.05, 3.63) is 48.0 Å². The van der Waals surface area contributed by atoms with Gasteiger partial charge in [0.25, 0.3) is 0 Å². The Morgan fingerprint density at radius 2 is 1.93 bits per heavy atom. The smallest absolute Gasteiger partial charge is 0.229 e. The van der Waals surface area contributed by atoms with E-state index in [0.29, 0.717) is 5.69 Å². The molecular formula is C19H20N4O2S2. The molecule has 1 fully saturated rings. The van der Waals surface area contributed by atoms with E-state index in [1.54, 1.807) is 23.5 Å². The molecule has 8 heteroatoms. The van der Waals surface area contributed by atoms with E-state index >= 15 is 0 Å². The van der Waals surface area contributed by atoms with Crippen LogP contribution >= 0.6 is 11.3 Å². The van der Waals surface area contributed by atoms with Crippen LogP contribution < -0.4 is 9.62 Å². The second-order valence-electron chi connectivity index (χ2n) is 6.59. The average Bonchev–Trinajstić information content (AvgIpc) is 3.33. The van der Waals surface area contributed by atoms with Crippen molar-refractivity contribution >= 4 is 32.9 Å². The summed E-state index contributed by atoms with van der Waals surface area (Å²) in [4.78, 5) is 11.6. The molecule has 0 atom stereocenters. The lowest BCUT2D eigenvalue weighted by Gasteiger charge is -2.16. The maximum absolute atomic E-state index is 11.4. The summed E-state index contributed by atoms with van der Waals surface area (Å²) in [5, 5.41) is 2.92. The van der Waals surface area contributed by atoms with Gasteiger partial charge in [-0.2, -0.15) is 0 Å². The zero-order valence-electron chi connectivity index (χ0n) is 14.9. The minimum absolute atomic E-state index is 0.532. The summed E-state index contributed by atoms with van der Waals surface area (Å²) in [5.74, 6) is 1.00. The Hall–Kier alpha value is -2.45. The molecule has 3 heterocycles. The Morgan fingerprint density at radius 1 is 1.11 bits per heavy atom. The van der Waals surface area contributed by atoms with Gasteiger partial charge in [-0.05, 0) is 37.1 Å². The number of sulfonamides is 1. The Balaban J connectivity index is 1.61. The number of anilines is 2. The topological polar surface area (TPSA) is 75.2 Å². The number of rotatable bonds is 5. The lowest BCUT2D eigenvalue weighted by atomic mass is 10.1. The molecule has 0 aliphatic carbocycles. The third-order valence-electron chi connectivity index (χ3n) is 4.39. The van der Waals surface area contributed by atoms with Gasteiger partial charge in [-0.15, -0.1) is 11.3 Å². The van der Waals surface area contributed by atoms with Gasteiger partial charge in [0.1, 0.15) is 10.8 Å². The number of nitrogens with one attached hydrogen (secondary N) is 1. The molecule has 0 spiro atoms. The molecule has 1 N–H and O–H groups in total. The van der Waals surface area contributed by atoms with E-state index in [4.69, 9.17) is 4.98 Å². The molecule has 0 unspecified atom stereocenters. The highest BCUT2D eigenvalue weighted by Gasteiger charge is 2.15. The van der Waals surface area contributed by atoms with Crippen LogP contribution in [0.2, 0.25) is 0 Å². The maximum Gasteiger partial charge on any atom is 0.229 e. The Kier molecular flexibility index (Phi) is 4.84. The van der Waals surface area contributed by atoms with Crippen LogP contribution in [0.25, 0.3) is 21.8 Å². The van der Waals surface area contributed by atoms with Crippen molar-refractivity contribution in [3.8, 4) is 21.8 Å². The maximum atomic E-state index is 11.4. The van der Waals surface area contributed by atoms with Gasteiger partial charge in [-0.25, -0.2) is 18.4 Å². The predicted molar refractivity (Wildman–Crippen MR) is 111 cm³/mol. The number of thiazole rings is 1. The van der Waals surface area contributed by atoms with E-state index < -0.39 is 10.0 Å². The van der Waals surface area contributed by atoms with Crippen LogP contribution in [0, 0.1) is 0 Å². The van der Waals surface area contributed by atoms with Crippen LogP contribution in [0.3, 0.4) is 0 Å². The van der Waals surface area contributed by atoms with Crippen molar-refractivity contribution in [2.24, 2.45) is 0 Å². The third-order valence-corrected chi connectivity index (χ3v) is 5.89. The molecule has 140 valence electrons. The molecule has 1 saturated heterocycles. The number of aromatic nitrogens is 2. The molecule has 1 aliphatic heterocycles. The summed E-state index contributed by atoms with van der Waals surface area (Å²) in [5.41, 5.74) is 3.28. The minimum Gasteiger partial charge on any atom is -0.357 e. The number of hydrogen-bond acceptors (Lipinski definition) is 6. The first kappa shape index (κ1) is 17.9. The van der Waals surface area contributed by atoms with Gasteiger partial charge >= 0.3 is 0 Å². The normalized spacial score (nSPS) is 14.5. The van der Waals surface area contributed by atoms with Gasteiger partial charge in [0.2, 0.25) is 10.0 Å². The molecule has 0 bridgehead atoms. The zero-order valence-corrected chi connectivity index (χ0v) is 16.6. The van der Waals surface area contributed by atoms with E-state index in [9.17, 15) is 8.42 Å². The molecule has 6 nitrogen and oxygen atoms in total. The summed E-state index contributed by atoms with van der Waals surface area (Å²) < 4.78 is 25.4. The number of pyridine rings is 1. The molecule has 1 aromatic carbocycles. The lowest BCUT2D eigenvalue weighted by molar-refractivity contribution is 0.607.